The SMILES string of the molecule is CCN(CC)CN(COC)CN(CC)CC. The fourth-order valence-corrected chi connectivity index (χ4v) is 1.72. The Morgan fingerprint density at radius 2 is 1.06 bits per heavy atom. The molecule has 0 rings (SSSR count). The zero-order valence-corrected chi connectivity index (χ0v) is 11.7. The summed E-state index contributed by atoms with van der Waals surface area (Å²) in [5.74, 6) is 0. The smallest absolute Gasteiger partial charge is 0.101 e. The summed E-state index contributed by atoms with van der Waals surface area (Å²) in [6, 6.07) is 0. The lowest BCUT2D eigenvalue weighted by Gasteiger charge is -2.32. The summed E-state index contributed by atoms with van der Waals surface area (Å²) < 4.78 is 5.26. The van der Waals surface area contributed by atoms with Gasteiger partial charge in [0.25, 0.3) is 0 Å². The van der Waals surface area contributed by atoms with Crippen molar-refractivity contribution in [2.75, 3.05) is 53.4 Å². The molecule has 0 N–H and O–H groups in total. The largest absolute Gasteiger partial charge is 0.369 e. The van der Waals surface area contributed by atoms with E-state index in [1.165, 1.54) is 0 Å². The van der Waals surface area contributed by atoms with Gasteiger partial charge >= 0.3 is 0 Å². The molecule has 0 atom stereocenters. The number of nitrogens with zero attached hydrogens (tertiary/aromatic N) is 3. The van der Waals surface area contributed by atoms with Crippen molar-refractivity contribution >= 4 is 0 Å². The topological polar surface area (TPSA) is 19.0 Å². The summed E-state index contributed by atoms with van der Waals surface area (Å²) in [5, 5.41) is 0. The third-order valence-corrected chi connectivity index (χ3v) is 2.90. The third-order valence-electron chi connectivity index (χ3n) is 2.90. The fraction of sp³-hybridized carbons (Fsp3) is 1.00. The molecule has 0 aliphatic heterocycles. The number of methoxy groups -OCH3 is 1. The summed E-state index contributed by atoms with van der Waals surface area (Å²) in [6.07, 6.45) is 0. The van der Waals surface area contributed by atoms with Gasteiger partial charge in [-0.3, -0.25) is 14.7 Å². The van der Waals surface area contributed by atoms with Gasteiger partial charge in [-0.05, 0) is 26.2 Å². The lowest BCUT2D eigenvalue weighted by atomic mass is 10.5. The van der Waals surface area contributed by atoms with Crippen LogP contribution < -0.4 is 0 Å². The van der Waals surface area contributed by atoms with Crippen LogP contribution in [0.25, 0.3) is 0 Å². The zero-order chi connectivity index (χ0) is 12.4. The Morgan fingerprint density at radius 3 is 1.31 bits per heavy atom. The highest BCUT2D eigenvalue weighted by molar-refractivity contribution is 4.57. The fourth-order valence-electron chi connectivity index (χ4n) is 1.72. The van der Waals surface area contributed by atoms with Gasteiger partial charge in [0.2, 0.25) is 0 Å². The van der Waals surface area contributed by atoms with E-state index in [-0.39, 0.29) is 0 Å². The Hall–Kier alpha value is -0.160. The predicted octanol–water partition coefficient (Wildman–Crippen LogP) is 1.49. The van der Waals surface area contributed by atoms with Crippen molar-refractivity contribution in [3.63, 3.8) is 0 Å². The molecule has 0 fully saturated rings. The van der Waals surface area contributed by atoms with E-state index in [9.17, 15) is 0 Å². The van der Waals surface area contributed by atoms with Crippen molar-refractivity contribution in [2.45, 2.75) is 27.7 Å². The van der Waals surface area contributed by atoms with Crippen LogP contribution in [0.4, 0.5) is 0 Å². The Bertz CT molecular complexity index is 133. The Labute approximate surface area is 101 Å². The lowest BCUT2D eigenvalue weighted by Crippen LogP contribution is -2.45. The maximum atomic E-state index is 5.26. The van der Waals surface area contributed by atoms with Gasteiger partial charge in [-0.2, -0.15) is 0 Å². The maximum Gasteiger partial charge on any atom is 0.101 e. The van der Waals surface area contributed by atoms with Gasteiger partial charge in [-0.25, -0.2) is 0 Å². The second kappa shape index (κ2) is 10.0. The molecule has 4 nitrogen and oxygen atoms in total. The highest BCUT2D eigenvalue weighted by Crippen LogP contribution is 1.98. The summed E-state index contributed by atoms with van der Waals surface area (Å²) in [6.45, 7) is 15.8. The molecule has 0 radical (unpaired) electrons. The standard InChI is InChI=1S/C12H29N3O/c1-6-13(7-2)10-15(12-16-5)11-14(8-3)9-4/h6-12H2,1-5H3. The van der Waals surface area contributed by atoms with Crippen LogP contribution in [-0.4, -0.2) is 68.1 Å². The molecule has 0 unspecified atom stereocenters. The van der Waals surface area contributed by atoms with Gasteiger partial charge in [-0.1, -0.05) is 27.7 Å². The number of hydrogen-bond donors (Lipinski definition) is 0. The minimum Gasteiger partial charge on any atom is -0.369 e. The van der Waals surface area contributed by atoms with Crippen molar-refractivity contribution in [2.24, 2.45) is 0 Å². The van der Waals surface area contributed by atoms with Gasteiger partial charge in [0.05, 0.1) is 13.3 Å². The molecule has 0 spiro atoms. The van der Waals surface area contributed by atoms with Crippen molar-refractivity contribution in [3.05, 3.63) is 0 Å². The Morgan fingerprint density at radius 1 is 0.688 bits per heavy atom. The Balaban J connectivity index is 4.13. The molecule has 0 saturated heterocycles. The number of hydrogen-bond acceptors (Lipinski definition) is 4. The highest BCUT2D eigenvalue weighted by Gasteiger charge is 2.11. The van der Waals surface area contributed by atoms with Crippen LogP contribution in [-0.2, 0) is 4.74 Å². The van der Waals surface area contributed by atoms with Gasteiger partial charge in [0.15, 0.2) is 0 Å². The monoisotopic (exact) mass is 231 g/mol. The lowest BCUT2D eigenvalue weighted by molar-refractivity contribution is -0.00851. The van der Waals surface area contributed by atoms with E-state index in [4.69, 9.17) is 4.74 Å². The van der Waals surface area contributed by atoms with E-state index in [1.54, 1.807) is 7.11 Å². The van der Waals surface area contributed by atoms with E-state index in [0.29, 0.717) is 6.73 Å². The summed E-state index contributed by atoms with van der Waals surface area (Å²) >= 11 is 0. The van der Waals surface area contributed by atoms with Crippen molar-refractivity contribution in [1.82, 2.24) is 14.7 Å². The van der Waals surface area contributed by atoms with Crippen LogP contribution in [0.15, 0.2) is 0 Å². The first-order chi connectivity index (χ1) is 7.71. The maximum absolute atomic E-state index is 5.26. The van der Waals surface area contributed by atoms with Crippen LogP contribution in [0.3, 0.4) is 0 Å². The molecule has 0 aliphatic rings. The number of ether oxygens (including phenoxy) is 1. The summed E-state index contributed by atoms with van der Waals surface area (Å²) in [5.41, 5.74) is 0. The van der Waals surface area contributed by atoms with Gasteiger partial charge in [0.1, 0.15) is 6.73 Å². The van der Waals surface area contributed by atoms with Crippen molar-refractivity contribution < 1.29 is 4.74 Å². The minimum absolute atomic E-state index is 0.701. The summed E-state index contributed by atoms with van der Waals surface area (Å²) in [7, 11) is 1.76. The molecule has 0 amide bonds. The van der Waals surface area contributed by atoms with Gasteiger partial charge in [-0.15, -0.1) is 0 Å². The molecule has 0 aliphatic carbocycles. The van der Waals surface area contributed by atoms with Gasteiger partial charge in [0, 0.05) is 7.11 Å². The first kappa shape index (κ1) is 15.8. The van der Waals surface area contributed by atoms with E-state index >= 15 is 0 Å². The second-order valence-electron chi connectivity index (χ2n) is 3.98. The average molecular weight is 231 g/mol. The minimum atomic E-state index is 0.701. The second-order valence-corrected chi connectivity index (χ2v) is 3.98. The average Bonchev–Trinajstić information content (AvgIpc) is 2.32. The third kappa shape index (κ3) is 6.43. The molecular weight excluding hydrogens is 202 g/mol. The predicted molar refractivity (Wildman–Crippen MR) is 69.3 cm³/mol. The van der Waals surface area contributed by atoms with Crippen molar-refractivity contribution in [1.29, 1.82) is 0 Å². The molecule has 4 heteroatoms. The molecule has 0 heterocycles. The quantitative estimate of drug-likeness (QED) is 0.530. The van der Waals surface area contributed by atoms with Crippen LogP contribution in [0.5, 0.6) is 0 Å². The Kier molecular flexibility index (Phi) is 9.92. The van der Waals surface area contributed by atoms with Crippen molar-refractivity contribution in [3.8, 4) is 0 Å². The molecule has 98 valence electrons. The molecule has 0 aromatic rings. The first-order valence-corrected chi connectivity index (χ1v) is 6.37. The van der Waals surface area contributed by atoms with Gasteiger partial charge < -0.3 is 4.74 Å². The van der Waals surface area contributed by atoms with Crippen LogP contribution in [0.1, 0.15) is 27.7 Å². The van der Waals surface area contributed by atoms with E-state index in [2.05, 4.69) is 42.4 Å². The van der Waals surface area contributed by atoms with Crippen LogP contribution >= 0.6 is 0 Å². The molecule has 0 aromatic heterocycles. The van der Waals surface area contributed by atoms with Crippen LogP contribution in [0.2, 0.25) is 0 Å². The van der Waals surface area contributed by atoms with E-state index in [0.717, 1.165) is 39.5 Å². The number of rotatable bonds is 10. The van der Waals surface area contributed by atoms with E-state index < -0.39 is 0 Å². The molecular formula is C12H29N3O. The highest BCUT2D eigenvalue weighted by atomic mass is 16.5. The molecule has 0 aromatic carbocycles. The first-order valence-electron chi connectivity index (χ1n) is 6.37. The molecule has 0 saturated carbocycles. The van der Waals surface area contributed by atoms with E-state index in [1.807, 2.05) is 0 Å². The zero-order valence-electron chi connectivity index (χ0n) is 11.7. The molecule has 0 bridgehead atoms. The molecule has 16 heavy (non-hydrogen) atoms. The normalized spacial score (nSPS) is 12.0. The van der Waals surface area contributed by atoms with Crippen LogP contribution in [0, 0.1) is 0 Å². The summed E-state index contributed by atoms with van der Waals surface area (Å²) in [4.78, 5) is 7.14.